The molecule has 0 heterocycles. The number of amides is 1. The summed E-state index contributed by atoms with van der Waals surface area (Å²) in [6.45, 7) is 3.77. The molecule has 0 aromatic heterocycles. The van der Waals surface area contributed by atoms with Gasteiger partial charge in [-0.25, -0.2) is 13.1 Å². The molecule has 0 aliphatic rings. The van der Waals surface area contributed by atoms with Gasteiger partial charge in [0.1, 0.15) is 5.75 Å². The second-order valence-corrected chi connectivity index (χ2v) is 7.82. The van der Waals surface area contributed by atoms with Crippen molar-refractivity contribution in [1.29, 1.82) is 0 Å². The van der Waals surface area contributed by atoms with Crippen LogP contribution in [0.2, 0.25) is 5.02 Å². The number of rotatable bonds is 8. The van der Waals surface area contributed by atoms with Crippen molar-refractivity contribution in [2.24, 2.45) is 0 Å². The molecule has 0 radical (unpaired) electrons. The first-order valence-electron chi connectivity index (χ1n) is 8.11. The highest BCUT2D eigenvalue weighted by Gasteiger charge is 2.15. The number of carbonyl (C=O) groups excluding carboxylic acids is 1. The number of nitrogens with one attached hydrogen (secondary N) is 2. The number of aryl methyl sites for hydroxylation is 1. The minimum absolute atomic E-state index is 0.163. The summed E-state index contributed by atoms with van der Waals surface area (Å²) in [6.07, 6.45) is 0.708. The largest absolute Gasteiger partial charge is 0.483 e. The number of ether oxygens (including phenoxy) is 1. The molecule has 0 atom stereocenters. The molecule has 2 rings (SSSR count). The highest BCUT2D eigenvalue weighted by molar-refractivity contribution is 7.89. The number of hydrogen-bond donors (Lipinski definition) is 2. The number of hydrogen-bond acceptors (Lipinski definition) is 4. The number of halogens is 1. The maximum absolute atomic E-state index is 12.1. The van der Waals surface area contributed by atoms with E-state index >= 15 is 0 Å². The van der Waals surface area contributed by atoms with Gasteiger partial charge in [-0.15, -0.1) is 0 Å². The lowest BCUT2D eigenvalue weighted by molar-refractivity contribution is -0.118. The van der Waals surface area contributed by atoms with Crippen molar-refractivity contribution in [2.45, 2.75) is 25.2 Å². The first-order chi connectivity index (χ1) is 12.3. The number of sulfonamides is 1. The van der Waals surface area contributed by atoms with Gasteiger partial charge >= 0.3 is 0 Å². The highest BCUT2D eigenvalue weighted by Crippen LogP contribution is 2.23. The molecule has 0 bridgehead atoms. The summed E-state index contributed by atoms with van der Waals surface area (Å²) in [5.41, 5.74) is 1.12. The Morgan fingerprint density at radius 3 is 2.58 bits per heavy atom. The minimum Gasteiger partial charge on any atom is -0.483 e. The van der Waals surface area contributed by atoms with Gasteiger partial charge in [0.2, 0.25) is 10.0 Å². The summed E-state index contributed by atoms with van der Waals surface area (Å²) in [4.78, 5) is 12.2. The highest BCUT2D eigenvalue weighted by atomic mass is 35.5. The Balaban J connectivity index is 2.00. The van der Waals surface area contributed by atoms with Gasteiger partial charge in [-0.3, -0.25) is 4.79 Å². The first-order valence-corrected chi connectivity index (χ1v) is 9.97. The molecule has 26 heavy (non-hydrogen) atoms. The van der Waals surface area contributed by atoms with Gasteiger partial charge in [-0.1, -0.05) is 30.7 Å². The zero-order chi connectivity index (χ0) is 19.2. The summed E-state index contributed by atoms with van der Waals surface area (Å²) < 4.78 is 32.3. The first kappa shape index (κ1) is 20.2. The van der Waals surface area contributed by atoms with Crippen molar-refractivity contribution < 1.29 is 17.9 Å². The zero-order valence-electron chi connectivity index (χ0n) is 14.6. The van der Waals surface area contributed by atoms with Gasteiger partial charge in [-0.05, 0) is 49.2 Å². The van der Waals surface area contributed by atoms with Gasteiger partial charge in [0, 0.05) is 6.54 Å². The lowest BCUT2D eigenvalue weighted by atomic mass is 10.2. The van der Waals surface area contributed by atoms with Crippen LogP contribution >= 0.6 is 11.6 Å². The predicted molar refractivity (Wildman–Crippen MR) is 102 cm³/mol. The van der Waals surface area contributed by atoms with Gasteiger partial charge in [0.05, 0.1) is 15.6 Å². The molecule has 140 valence electrons. The van der Waals surface area contributed by atoms with Crippen molar-refractivity contribution in [3.63, 3.8) is 0 Å². The molecule has 1 amide bonds. The Bertz CT molecular complexity index is 885. The van der Waals surface area contributed by atoms with E-state index in [-0.39, 0.29) is 17.4 Å². The summed E-state index contributed by atoms with van der Waals surface area (Å²) in [6, 6.07) is 11.4. The third-order valence-electron chi connectivity index (χ3n) is 3.51. The molecule has 0 spiro atoms. The van der Waals surface area contributed by atoms with Crippen LogP contribution in [-0.4, -0.2) is 27.5 Å². The van der Waals surface area contributed by atoms with Crippen molar-refractivity contribution in [3.8, 4) is 5.75 Å². The maximum Gasteiger partial charge on any atom is 0.262 e. The predicted octanol–water partition coefficient (Wildman–Crippen LogP) is 3.35. The molecule has 2 N–H and O–H groups in total. The van der Waals surface area contributed by atoms with E-state index in [1.165, 1.54) is 12.1 Å². The van der Waals surface area contributed by atoms with E-state index in [2.05, 4.69) is 10.0 Å². The number of para-hydroxylation sites is 1. The normalized spacial score (nSPS) is 11.2. The van der Waals surface area contributed by atoms with Crippen LogP contribution in [0.1, 0.15) is 18.9 Å². The van der Waals surface area contributed by atoms with Crippen LogP contribution in [0.4, 0.5) is 5.69 Å². The summed E-state index contributed by atoms with van der Waals surface area (Å²) in [7, 11) is -3.54. The number of carbonyl (C=O) groups is 1. The molecule has 0 fully saturated rings. The summed E-state index contributed by atoms with van der Waals surface area (Å²) in [5.74, 6) is 0.0764. The molecule has 2 aromatic rings. The molecule has 8 heteroatoms. The molecule has 0 aliphatic heterocycles. The lowest BCUT2D eigenvalue weighted by Crippen LogP contribution is -2.24. The summed E-state index contributed by atoms with van der Waals surface area (Å²) >= 11 is 5.99. The molecule has 0 saturated heterocycles. The van der Waals surface area contributed by atoms with Gasteiger partial charge in [-0.2, -0.15) is 0 Å². The van der Waals surface area contributed by atoms with Crippen molar-refractivity contribution >= 4 is 33.2 Å². The van der Waals surface area contributed by atoms with Crippen molar-refractivity contribution in [1.82, 2.24) is 4.72 Å². The van der Waals surface area contributed by atoms with Gasteiger partial charge in [0.25, 0.3) is 5.91 Å². The quantitative estimate of drug-likeness (QED) is 0.716. The lowest BCUT2D eigenvalue weighted by Gasteiger charge is -2.12. The van der Waals surface area contributed by atoms with Crippen molar-refractivity contribution in [2.75, 3.05) is 18.5 Å². The smallest absolute Gasteiger partial charge is 0.262 e. The van der Waals surface area contributed by atoms with E-state index < -0.39 is 10.0 Å². The zero-order valence-corrected chi connectivity index (χ0v) is 16.2. The van der Waals surface area contributed by atoms with Crippen LogP contribution < -0.4 is 14.8 Å². The topological polar surface area (TPSA) is 84.5 Å². The average molecular weight is 397 g/mol. The summed E-state index contributed by atoms with van der Waals surface area (Å²) in [5, 5.41) is 3.09. The van der Waals surface area contributed by atoms with E-state index in [9.17, 15) is 13.2 Å². The van der Waals surface area contributed by atoms with Crippen LogP contribution in [0, 0.1) is 6.92 Å². The average Bonchev–Trinajstić information content (AvgIpc) is 2.61. The van der Waals surface area contributed by atoms with Crippen LogP contribution in [0.25, 0.3) is 0 Å². The third kappa shape index (κ3) is 5.45. The Labute approximate surface area is 158 Å². The monoisotopic (exact) mass is 396 g/mol. The van der Waals surface area contributed by atoms with E-state index in [1.54, 1.807) is 37.3 Å². The Kier molecular flexibility index (Phi) is 7.02. The molecule has 2 aromatic carbocycles. The maximum atomic E-state index is 12.1. The van der Waals surface area contributed by atoms with Gasteiger partial charge < -0.3 is 10.1 Å². The van der Waals surface area contributed by atoms with Crippen LogP contribution in [0.15, 0.2) is 47.4 Å². The van der Waals surface area contributed by atoms with E-state index in [1.807, 2.05) is 6.92 Å². The second kappa shape index (κ2) is 9.02. The fraction of sp³-hybridized carbons (Fsp3) is 0.278. The fourth-order valence-corrected chi connectivity index (χ4v) is 3.56. The Morgan fingerprint density at radius 1 is 1.19 bits per heavy atom. The fourth-order valence-electron chi connectivity index (χ4n) is 2.16. The molecule has 6 nitrogen and oxygen atoms in total. The van der Waals surface area contributed by atoms with Crippen LogP contribution in [0.3, 0.4) is 0 Å². The van der Waals surface area contributed by atoms with E-state index in [4.69, 9.17) is 16.3 Å². The standard InChI is InChI=1S/C18H21ClN2O4S/c1-3-10-20-26(23,24)14-8-9-17(13(2)11-14)25-12-18(22)21-16-7-5-4-6-15(16)19/h4-9,11,20H,3,10,12H2,1-2H3,(H,21,22). The number of anilines is 1. The van der Waals surface area contributed by atoms with E-state index in [0.29, 0.717) is 35.0 Å². The SMILES string of the molecule is CCCNS(=O)(=O)c1ccc(OCC(=O)Nc2ccccc2Cl)c(C)c1. The third-order valence-corrected chi connectivity index (χ3v) is 5.29. The number of benzene rings is 2. The Hall–Kier alpha value is -2.09. The molecule has 0 saturated carbocycles. The van der Waals surface area contributed by atoms with Crippen LogP contribution in [0.5, 0.6) is 5.75 Å². The molecular weight excluding hydrogens is 376 g/mol. The molecule has 0 aliphatic carbocycles. The van der Waals surface area contributed by atoms with Gasteiger partial charge in [0.15, 0.2) is 6.61 Å². The molecule has 0 unspecified atom stereocenters. The second-order valence-electron chi connectivity index (χ2n) is 5.64. The minimum atomic E-state index is -3.54. The van der Waals surface area contributed by atoms with E-state index in [0.717, 1.165) is 0 Å². The molecular formula is C18H21ClN2O4S. The van der Waals surface area contributed by atoms with Crippen LogP contribution in [-0.2, 0) is 14.8 Å². The van der Waals surface area contributed by atoms with Crippen molar-refractivity contribution in [3.05, 3.63) is 53.1 Å². The Morgan fingerprint density at radius 2 is 1.92 bits per heavy atom.